The summed E-state index contributed by atoms with van der Waals surface area (Å²) in [7, 11) is -3.29. The van der Waals surface area contributed by atoms with E-state index in [1.807, 2.05) is 0 Å². The van der Waals surface area contributed by atoms with Gasteiger partial charge in [-0.25, -0.2) is 12.8 Å². The Kier molecular flexibility index (Phi) is 4.01. The maximum absolute atomic E-state index is 13.5. The second kappa shape index (κ2) is 4.90. The quantitative estimate of drug-likeness (QED) is 0.608. The molecule has 2 atom stereocenters. The topological polar surface area (TPSA) is 72.2 Å². The van der Waals surface area contributed by atoms with Crippen molar-refractivity contribution in [3.8, 4) is 0 Å². The van der Waals surface area contributed by atoms with Gasteiger partial charge in [-0.05, 0) is 13.0 Å². The van der Waals surface area contributed by atoms with E-state index in [0.717, 1.165) is 6.26 Å². The molecular formula is C10H15FN2O2S. The average molecular weight is 246 g/mol. The van der Waals surface area contributed by atoms with Gasteiger partial charge in [0.2, 0.25) is 0 Å². The number of nitrogens with two attached hydrogens (primary N) is 1. The molecule has 6 heteroatoms. The molecule has 0 spiro atoms. The molecule has 0 heterocycles. The van der Waals surface area contributed by atoms with E-state index in [0.29, 0.717) is 0 Å². The van der Waals surface area contributed by atoms with Crippen LogP contribution in [-0.4, -0.2) is 19.9 Å². The molecule has 0 amide bonds. The normalized spacial score (nSPS) is 15.8. The molecule has 1 aromatic carbocycles. The highest BCUT2D eigenvalue weighted by atomic mass is 32.2. The van der Waals surface area contributed by atoms with Crippen LogP contribution in [0.15, 0.2) is 24.3 Å². The lowest BCUT2D eigenvalue weighted by atomic mass is 10.0. The third kappa shape index (κ3) is 2.78. The van der Waals surface area contributed by atoms with Crippen molar-refractivity contribution in [3.05, 3.63) is 35.6 Å². The Morgan fingerprint density at radius 1 is 1.38 bits per heavy atom. The zero-order valence-electron chi connectivity index (χ0n) is 9.14. The third-order valence-electron chi connectivity index (χ3n) is 2.56. The van der Waals surface area contributed by atoms with Crippen molar-refractivity contribution >= 4 is 9.84 Å². The number of nitrogens with one attached hydrogen (secondary N) is 1. The number of hydrogen-bond acceptors (Lipinski definition) is 4. The molecule has 0 saturated heterocycles. The fraction of sp³-hybridized carbons (Fsp3) is 0.400. The van der Waals surface area contributed by atoms with Gasteiger partial charge in [-0.2, -0.15) is 0 Å². The molecule has 0 saturated carbocycles. The standard InChI is InChI=1S/C10H15FN2O2S/c1-7(16(2,14)15)10(13-12)8-5-3-4-6-9(8)11/h3-7,10,13H,12H2,1-2H3. The lowest BCUT2D eigenvalue weighted by molar-refractivity contribution is 0.489. The molecule has 0 aliphatic rings. The van der Waals surface area contributed by atoms with Crippen molar-refractivity contribution in [3.63, 3.8) is 0 Å². The minimum absolute atomic E-state index is 0.253. The Balaban J connectivity index is 3.14. The zero-order chi connectivity index (χ0) is 12.3. The SMILES string of the molecule is CC(C(NN)c1ccccc1F)S(C)(=O)=O. The predicted molar refractivity (Wildman–Crippen MR) is 60.8 cm³/mol. The molecule has 3 N–H and O–H groups in total. The van der Waals surface area contributed by atoms with Gasteiger partial charge >= 0.3 is 0 Å². The smallest absolute Gasteiger partial charge is 0.151 e. The molecule has 0 aromatic heterocycles. The summed E-state index contributed by atoms with van der Waals surface area (Å²) in [5, 5.41) is -0.797. The first-order chi connectivity index (χ1) is 7.38. The molecule has 0 aliphatic carbocycles. The largest absolute Gasteiger partial charge is 0.271 e. The van der Waals surface area contributed by atoms with Crippen LogP contribution in [0.3, 0.4) is 0 Å². The minimum atomic E-state index is -3.29. The second-order valence-electron chi connectivity index (χ2n) is 3.70. The van der Waals surface area contributed by atoms with E-state index >= 15 is 0 Å². The summed E-state index contributed by atoms with van der Waals surface area (Å²) < 4.78 is 36.3. The number of hydrogen-bond donors (Lipinski definition) is 2. The Bertz CT molecular complexity index is 462. The summed E-state index contributed by atoms with van der Waals surface area (Å²) in [6.07, 6.45) is 1.10. The summed E-state index contributed by atoms with van der Waals surface area (Å²) in [6, 6.07) is 5.21. The highest BCUT2D eigenvalue weighted by Crippen LogP contribution is 2.23. The average Bonchev–Trinajstić information content (AvgIpc) is 2.20. The molecule has 4 nitrogen and oxygen atoms in total. The molecule has 16 heavy (non-hydrogen) atoms. The van der Waals surface area contributed by atoms with Crippen molar-refractivity contribution in [2.24, 2.45) is 5.84 Å². The molecule has 1 aromatic rings. The summed E-state index contributed by atoms with van der Waals surface area (Å²) in [6.45, 7) is 1.49. The fourth-order valence-electron chi connectivity index (χ4n) is 1.45. The number of rotatable bonds is 4. The van der Waals surface area contributed by atoms with E-state index in [9.17, 15) is 12.8 Å². The van der Waals surface area contributed by atoms with Crippen LogP contribution in [0.5, 0.6) is 0 Å². The van der Waals surface area contributed by atoms with Crippen LogP contribution in [0.2, 0.25) is 0 Å². The molecule has 0 fully saturated rings. The van der Waals surface area contributed by atoms with Crippen molar-refractivity contribution in [2.45, 2.75) is 18.2 Å². The molecule has 90 valence electrons. The van der Waals surface area contributed by atoms with Gasteiger partial charge in [-0.15, -0.1) is 0 Å². The molecule has 2 unspecified atom stereocenters. The van der Waals surface area contributed by atoms with Gasteiger partial charge in [0.15, 0.2) is 9.84 Å². The van der Waals surface area contributed by atoms with Crippen LogP contribution in [0.1, 0.15) is 18.5 Å². The Morgan fingerprint density at radius 3 is 2.38 bits per heavy atom. The Morgan fingerprint density at radius 2 is 1.94 bits per heavy atom. The van der Waals surface area contributed by atoms with Crippen molar-refractivity contribution in [1.82, 2.24) is 5.43 Å². The van der Waals surface area contributed by atoms with E-state index in [1.54, 1.807) is 6.07 Å². The molecular weight excluding hydrogens is 231 g/mol. The number of sulfone groups is 1. The minimum Gasteiger partial charge on any atom is -0.271 e. The number of hydrazine groups is 1. The van der Waals surface area contributed by atoms with E-state index < -0.39 is 26.9 Å². The van der Waals surface area contributed by atoms with Gasteiger partial charge in [0.25, 0.3) is 0 Å². The second-order valence-corrected chi connectivity index (χ2v) is 6.10. The van der Waals surface area contributed by atoms with Crippen LogP contribution in [-0.2, 0) is 9.84 Å². The monoisotopic (exact) mass is 246 g/mol. The lowest BCUT2D eigenvalue weighted by Gasteiger charge is -2.22. The highest BCUT2D eigenvalue weighted by molar-refractivity contribution is 7.91. The molecule has 0 bridgehead atoms. The summed E-state index contributed by atoms with van der Waals surface area (Å²) in [5.74, 6) is 4.82. The van der Waals surface area contributed by atoms with Crippen molar-refractivity contribution in [1.29, 1.82) is 0 Å². The van der Waals surface area contributed by atoms with Gasteiger partial charge in [0, 0.05) is 11.8 Å². The predicted octanol–water partition coefficient (Wildman–Crippen LogP) is 0.763. The Hall–Kier alpha value is -0.980. The van der Waals surface area contributed by atoms with E-state index in [1.165, 1.54) is 25.1 Å². The molecule has 1 rings (SSSR count). The van der Waals surface area contributed by atoms with Gasteiger partial charge < -0.3 is 0 Å². The van der Waals surface area contributed by atoms with Crippen LogP contribution >= 0.6 is 0 Å². The van der Waals surface area contributed by atoms with E-state index in [2.05, 4.69) is 5.43 Å². The number of benzene rings is 1. The summed E-state index contributed by atoms with van der Waals surface area (Å²) in [4.78, 5) is 0. The van der Waals surface area contributed by atoms with Gasteiger partial charge in [-0.1, -0.05) is 18.2 Å². The van der Waals surface area contributed by atoms with Gasteiger partial charge in [0.05, 0.1) is 11.3 Å². The summed E-state index contributed by atoms with van der Waals surface area (Å²) in [5.41, 5.74) is 2.60. The van der Waals surface area contributed by atoms with Crippen LogP contribution in [0, 0.1) is 5.82 Å². The molecule has 0 radical (unpaired) electrons. The first kappa shape index (κ1) is 13.1. The van der Waals surface area contributed by atoms with Crippen molar-refractivity contribution < 1.29 is 12.8 Å². The highest BCUT2D eigenvalue weighted by Gasteiger charge is 2.28. The zero-order valence-corrected chi connectivity index (χ0v) is 9.96. The Labute approximate surface area is 94.5 Å². The number of halogens is 1. The first-order valence-corrected chi connectivity index (χ1v) is 6.72. The van der Waals surface area contributed by atoms with Crippen LogP contribution in [0.4, 0.5) is 4.39 Å². The van der Waals surface area contributed by atoms with Crippen molar-refractivity contribution in [2.75, 3.05) is 6.26 Å². The maximum Gasteiger partial charge on any atom is 0.151 e. The fourth-order valence-corrected chi connectivity index (χ4v) is 2.17. The first-order valence-electron chi connectivity index (χ1n) is 4.77. The third-order valence-corrected chi connectivity index (χ3v) is 4.19. The summed E-state index contributed by atoms with van der Waals surface area (Å²) >= 11 is 0. The maximum atomic E-state index is 13.5. The van der Waals surface area contributed by atoms with Gasteiger partial charge in [-0.3, -0.25) is 11.3 Å². The van der Waals surface area contributed by atoms with Crippen LogP contribution < -0.4 is 11.3 Å². The van der Waals surface area contributed by atoms with Crippen LogP contribution in [0.25, 0.3) is 0 Å². The van der Waals surface area contributed by atoms with Gasteiger partial charge in [0.1, 0.15) is 5.82 Å². The lowest BCUT2D eigenvalue weighted by Crippen LogP contribution is -2.39. The van der Waals surface area contributed by atoms with E-state index in [-0.39, 0.29) is 5.56 Å². The van der Waals surface area contributed by atoms with E-state index in [4.69, 9.17) is 5.84 Å². The molecule has 0 aliphatic heterocycles.